The minimum absolute atomic E-state index is 0.862. The standard InChI is InChI=1S/C14H15NO/c1-4-5-9-13-11(2)15(3)12-8-6-7-10-14(12)16-13/h4-10H,1H2,2-3H3/b9-5-. The van der Waals surface area contributed by atoms with E-state index >= 15 is 0 Å². The van der Waals surface area contributed by atoms with Gasteiger partial charge in [0.2, 0.25) is 0 Å². The van der Waals surface area contributed by atoms with E-state index in [1.165, 1.54) is 0 Å². The second-order valence-electron chi connectivity index (χ2n) is 3.67. The van der Waals surface area contributed by atoms with E-state index in [0.717, 1.165) is 22.9 Å². The smallest absolute Gasteiger partial charge is 0.151 e. The average Bonchev–Trinajstić information content (AvgIpc) is 2.32. The van der Waals surface area contributed by atoms with Crippen molar-refractivity contribution in [1.29, 1.82) is 0 Å². The van der Waals surface area contributed by atoms with Gasteiger partial charge in [0.15, 0.2) is 5.75 Å². The first-order valence-corrected chi connectivity index (χ1v) is 5.24. The van der Waals surface area contributed by atoms with Crippen molar-refractivity contribution in [2.24, 2.45) is 0 Å². The molecule has 1 aliphatic rings. The molecule has 0 N–H and O–H groups in total. The van der Waals surface area contributed by atoms with E-state index in [2.05, 4.69) is 11.5 Å². The van der Waals surface area contributed by atoms with Gasteiger partial charge in [-0.1, -0.05) is 30.9 Å². The number of anilines is 1. The molecule has 0 spiro atoms. The van der Waals surface area contributed by atoms with Gasteiger partial charge in [0.25, 0.3) is 0 Å². The zero-order valence-corrected chi connectivity index (χ0v) is 9.60. The minimum Gasteiger partial charge on any atom is -0.453 e. The highest BCUT2D eigenvalue weighted by Gasteiger charge is 2.19. The maximum Gasteiger partial charge on any atom is 0.151 e. The topological polar surface area (TPSA) is 12.5 Å². The molecule has 0 atom stereocenters. The summed E-state index contributed by atoms with van der Waals surface area (Å²) in [5.41, 5.74) is 2.19. The van der Waals surface area contributed by atoms with Gasteiger partial charge in [0, 0.05) is 7.05 Å². The zero-order chi connectivity index (χ0) is 11.5. The number of fused-ring (bicyclic) bond motifs is 1. The van der Waals surface area contributed by atoms with Crippen LogP contribution in [-0.2, 0) is 0 Å². The number of rotatable bonds is 2. The van der Waals surface area contributed by atoms with Crippen molar-refractivity contribution < 1.29 is 4.74 Å². The lowest BCUT2D eigenvalue weighted by atomic mass is 10.2. The lowest BCUT2D eigenvalue weighted by molar-refractivity contribution is 0.426. The molecule has 16 heavy (non-hydrogen) atoms. The Morgan fingerprint density at radius 2 is 2.06 bits per heavy atom. The van der Waals surface area contributed by atoms with Crippen LogP contribution in [0.1, 0.15) is 6.92 Å². The van der Waals surface area contributed by atoms with Crippen molar-refractivity contribution in [2.75, 3.05) is 11.9 Å². The molecule has 0 bridgehead atoms. The van der Waals surface area contributed by atoms with Crippen molar-refractivity contribution in [2.45, 2.75) is 6.92 Å². The van der Waals surface area contributed by atoms with Gasteiger partial charge in [0.1, 0.15) is 5.76 Å². The fourth-order valence-electron chi connectivity index (χ4n) is 1.67. The SMILES string of the molecule is C=C/C=C\C1=C(C)N(C)c2ccccc2O1. The third kappa shape index (κ3) is 1.74. The Kier molecular flexibility index (Phi) is 2.82. The fraction of sp³-hybridized carbons (Fsp3) is 0.143. The van der Waals surface area contributed by atoms with Gasteiger partial charge in [-0.05, 0) is 25.1 Å². The molecule has 0 radical (unpaired) electrons. The molecule has 2 rings (SSSR count). The molecule has 2 nitrogen and oxygen atoms in total. The molecule has 0 saturated heterocycles. The van der Waals surface area contributed by atoms with E-state index in [-0.39, 0.29) is 0 Å². The number of allylic oxidation sites excluding steroid dienone is 4. The minimum atomic E-state index is 0.862. The van der Waals surface area contributed by atoms with E-state index in [0.29, 0.717) is 0 Å². The largest absolute Gasteiger partial charge is 0.453 e. The van der Waals surface area contributed by atoms with Crippen LogP contribution in [0.4, 0.5) is 5.69 Å². The molecule has 0 unspecified atom stereocenters. The molecule has 1 aromatic carbocycles. The third-order valence-corrected chi connectivity index (χ3v) is 2.69. The second-order valence-corrected chi connectivity index (χ2v) is 3.67. The number of hydrogen-bond donors (Lipinski definition) is 0. The second kappa shape index (κ2) is 4.27. The van der Waals surface area contributed by atoms with Crippen LogP contribution in [0.3, 0.4) is 0 Å². The van der Waals surface area contributed by atoms with Crippen molar-refractivity contribution >= 4 is 5.69 Å². The van der Waals surface area contributed by atoms with E-state index in [1.54, 1.807) is 6.08 Å². The Bertz CT molecular complexity index is 471. The lowest BCUT2D eigenvalue weighted by Crippen LogP contribution is -2.22. The van der Waals surface area contributed by atoms with Gasteiger partial charge in [-0.2, -0.15) is 0 Å². The predicted molar refractivity (Wildman–Crippen MR) is 67.5 cm³/mol. The highest BCUT2D eigenvalue weighted by Crippen LogP contribution is 2.36. The zero-order valence-electron chi connectivity index (χ0n) is 9.60. The molecule has 1 aliphatic heterocycles. The van der Waals surface area contributed by atoms with Crippen LogP contribution < -0.4 is 9.64 Å². The van der Waals surface area contributed by atoms with Crippen molar-refractivity contribution in [3.05, 3.63) is 60.5 Å². The van der Waals surface area contributed by atoms with Crippen molar-refractivity contribution in [3.63, 3.8) is 0 Å². The highest BCUT2D eigenvalue weighted by atomic mass is 16.5. The Morgan fingerprint density at radius 3 is 2.81 bits per heavy atom. The van der Waals surface area contributed by atoms with Gasteiger partial charge in [0.05, 0.1) is 11.4 Å². The summed E-state index contributed by atoms with van der Waals surface area (Å²) >= 11 is 0. The van der Waals surface area contributed by atoms with Crippen LogP contribution in [0, 0.1) is 0 Å². The first kappa shape index (κ1) is 10.6. The van der Waals surface area contributed by atoms with Crippen LogP contribution in [0.15, 0.2) is 60.5 Å². The molecule has 1 heterocycles. The summed E-state index contributed by atoms with van der Waals surface area (Å²) < 4.78 is 5.82. The summed E-state index contributed by atoms with van der Waals surface area (Å²) in [6.45, 7) is 5.70. The number of nitrogens with zero attached hydrogens (tertiary/aromatic N) is 1. The number of benzene rings is 1. The molecule has 2 heteroatoms. The van der Waals surface area contributed by atoms with E-state index < -0.39 is 0 Å². The number of hydrogen-bond acceptors (Lipinski definition) is 2. The Labute approximate surface area is 96.1 Å². The maximum atomic E-state index is 5.82. The Balaban J connectivity index is 2.42. The lowest BCUT2D eigenvalue weighted by Gasteiger charge is -2.29. The van der Waals surface area contributed by atoms with Gasteiger partial charge in [-0.25, -0.2) is 0 Å². The maximum absolute atomic E-state index is 5.82. The van der Waals surface area contributed by atoms with Crippen LogP contribution in [-0.4, -0.2) is 7.05 Å². The van der Waals surface area contributed by atoms with Gasteiger partial charge >= 0.3 is 0 Å². The summed E-state index contributed by atoms with van der Waals surface area (Å²) in [7, 11) is 2.04. The fourth-order valence-corrected chi connectivity index (χ4v) is 1.67. The normalized spacial score (nSPS) is 15.0. The molecule has 0 aromatic heterocycles. The van der Waals surface area contributed by atoms with E-state index in [1.807, 2.05) is 50.4 Å². The van der Waals surface area contributed by atoms with Gasteiger partial charge < -0.3 is 9.64 Å². The summed E-state index contributed by atoms with van der Waals surface area (Å²) in [5.74, 6) is 1.75. The predicted octanol–water partition coefficient (Wildman–Crippen LogP) is 3.49. The molecule has 0 amide bonds. The van der Waals surface area contributed by atoms with Gasteiger partial charge in [-0.3, -0.25) is 0 Å². The average molecular weight is 213 g/mol. The first-order valence-electron chi connectivity index (χ1n) is 5.24. The highest BCUT2D eigenvalue weighted by molar-refractivity contribution is 5.65. The molecule has 0 aliphatic carbocycles. The first-order chi connectivity index (χ1) is 7.74. The molecular weight excluding hydrogens is 198 g/mol. The molecular formula is C14H15NO. The van der Waals surface area contributed by atoms with Crippen LogP contribution in [0.5, 0.6) is 5.75 Å². The van der Waals surface area contributed by atoms with Crippen LogP contribution in [0.25, 0.3) is 0 Å². The quantitative estimate of drug-likeness (QED) is 0.697. The molecule has 0 fully saturated rings. The van der Waals surface area contributed by atoms with E-state index in [4.69, 9.17) is 4.74 Å². The van der Waals surface area contributed by atoms with Gasteiger partial charge in [-0.15, -0.1) is 0 Å². The van der Waals surface area contributed by atoms with Crippen molar-refractivity contribution in [1.82, 2.24) is 0 Å². The molecule has 1 aromatic rings. The molecule has 82 valence electrons. The van der Waals surface area contributed by atoms with Crippen molar-refractivity contribution in [3.8, 4) is 5.75 Å². The number of para-hydroxylation sites is 2. The Morgan fingerprint density at radius 1 is 1.31 bits per heavy atom. The monoisotopic (exact) mass is 213 g/mol. The number of ether oxygens (including phenoxy) is 1. The van der Waals surface area contributed by atoms with Crippen LogP contribution in [0.2, 0.25) is 0 Å². The Hall–Kier alpha value is -1.96. The third-order valence-electron chi connectivity index (χ3n) is 2.69. The summed E-state index contributed by atoms with van der Waals surface area (Å²) in [4.78, 5) is 2.13. The molecule has 0 saturated carbocycles. The van der Waals surface area contributed by atoms with E-state index in [9.17, 15) is 0 Å². The summed E-state index contributed by atoms with van der Waals surface area (Å²) in [5, 5.41) is 0. The summed E-state index contributed by atoms with van der Waals surface area (Å²) in [6.07, 6.45) is 5.54. The summed E-state index contributed by atoms with van der Waals surface area (Å²) in [6, 6.07) is 8.01. The van der Waals surface area contributed by atoms with Crippen LogP contribution >= 0.6 is 0 Å².